The van der Waals surface area contributed by atoms with E-state index in [1.165, 1.54) is 0 Å². The summed E-state index contributed by atoms with van der Waals surface area (Å²) in [5.74, 6) is -1.38. The zero-order valence-corrected chi connectivity index (χ0v) is 8.86. The lowest BCUT2D eigenvalue weighted by molar-refractivity contribution is -0.140. The SMILES string of the molecule is O=C(NCCOCC(F)F)N[C@H](CO)C(=O)O. The Bertz CT molecular complexity index is 252. The number of hydrogen-bond donors (Lipinski definition) is 4. The fraction of sp³-hybridized carbons (Fsp3) is 0.750. The summed E-state index contributed by atoms with van der Waals surface area (Å²) >= 11 is 0. The number of alkyl halides is 2. The number of rotatable bonds is 8. The van der Waals surface area contributed by atoms with Crippen LogP contribution in [0.1, 0.15) is 0 Å². The summed E-state index contributed by atoms with van der Waals surface area (Å²) in [6.07, 6.45) is -2.57. The van der Waals surface area contributed by atoms with E-state index in [1.807, 2.05) is 5.32 Å². The quantitative estimate of drug-likeness (QED) is 0.417. The van der Waals surface area contributed by atoms with Crippen LogP contribution in [-0.4, -0.2) is 61.0 Å². The first-order valence-electron chi connectivity index (χ1n) is 4.71. The summed E-state index contributed by atoms with van der Waals surface area (Å²) in [5, 5.41) is 21.2. The van der Waals surface area contributed by atoms with Gasteiger partial charge in [0.2, 0.25) is 0 Å². The van der Waals surface area contributed by atoms with E-state index in [0.717, 1.165) is 0 Å². The van der Waals surface area contributed by atoms with Gasteiger partial charge in [-0.05, 0) is 0 Å². The topological polar surface area (TPSA) is 108 Å². The van der Waals surface area contributed by atoms with Crippen molar-refractivity contribution in [2.45, 2.75) is 12.5 Å². The third-order valence-corrected chi connectivity index (χ3v) is 1.56. The van der Waals surface area contributed by atoms with Crippen LogP contribution >= 0.6 is 0 Å². The Labute approximate surface area is 95.7 Å². The number of halogens is 2. The molecule has 0 aromatic carbocycles. The van der Waals surface area contributed by atoms with Crippen molar-refractivity contribution in [2.24, 2.45) is 0 Å². The molecular weight excluding hydrogens is 242 g/mol. The van der Waals surface area contributed by atoms with Gasteiger partial charge >= 0.3 is 12.0 Å². The number of amides is 2. The highest BCUT2D eigenvalue weighted by atomic mass is 19.3. The van der Waals surface area contributed by atoms with Gasteiger partial charge in [-0.1, -0.05) is 0 Å². The maximum Gasteiger partial charge on any atom is 0.328 e. The third-order valence-electron chi connectivity index (χ3n) is 1.56. The van der Waals surface area contributed by atoms with Gasteiger partial charge in [-0.3, -0.25) is 0 Å². The van der Waals surface area contributed by atoms with Crippen LogP contribution in [0.5, 0.6) is 0 Å². The van der Waals surface area contributed by atoms with Crippen LogP contribution in [0.15, 0.2) is 0 Å². The highest BCUT2D eigenvalue weighted by Gasteiger charge is 2.18. The van der Waals surface area contributed by atoms with E-state index < -0.39 is 37.7 Å². The van der Waals surface area contributed by atoms with Crippen molar-refractivity contribution >= 4 is 12.0 Å². The fourth-order valence-corrected chi connectivity index (χ4v) is 0.804. The molecule has 9 heteroatoms. The van der Waals surface area contributed by atoms with Crippen LogP contribution in [0.4, 0.5) is 13.6 Å². The lowest BCUT2D eigenvalue weighted by atomic mass is 10.3. The summed E-state index contributed by atoms with van der Waals surface area (Å²) in [5.41, 5.74) is 0. The van der Waals surface area contributed by atoms with Crippen LogP contribution in [0.2, 0.25) is 0 Å². The molecular formula is C8H14F2N2O5. The van der Waals surface area contributed by atoms with Gasteiger partial charge in [-0.25, -0.2) is 18.4 Å². The molecule has 0 fully saturated rings. The standard InChI is InChI=1S/C8H14F2N2O5/c9-6(10)4-17-2-1-11-8(16)12-5(3-13)7(14)15/h5-6,13H,1-4H2,(H,14,15)(H2,11,12,16)/t5-/m1/s1. The number of aliphatic hydroxyl groups excluding tert-OH is 1. The van der Waals surface area contributed by atoms with Gasteiger partial charge in [-0.15, -0.1) is 0 Å². The number of urea groups is 1. The molecule has 7 nitrogen and oxygen atoms in total. The minimum atomic E-state index is -2.57. The number of carbonyl (C=O) groups excluding carboxylic acids is 1. The maximum atomic E-state index is 11.6. The Morgan fingerprint density at radius 2 is 2.00 bits per heavy atom. The average Bonchev–Trinajstić information content (AvgIpc) is 2.24. The van der Waals surface area contributed by atoms with Crippen LogP contribution in [0, 0.1) is 0 Å². The molecule has 0 aliphatic rings. The molecule has 100 valence electrons. The highest BCUT2D eigenvalue weighted by Crippen LogP contribution is 1.91. The molecule has 0 heterocycles. The summed E-state index contributed by atoms with van der Waals surface area (Å²) < 4.78 is 27.7. The highest BCUT2D eigenvalue weighted by molar-refractivity contribution is 5.82. The van der Waals surface area contributed by atoms with Gasteiger partial charge in [-0.2, -0.15) is 0 Å². The van der Waals surface area contributed by atoms with Gasteiger partial charge in [0.25, 0.3) is 6.43 Å². The molecule has 4 N–H and O–H groups in total. The lowest BCUT2D eigenvalue weighted by Gasteiger charge is -2.12. The smallest absolute Gasteiger partial charge is 0.328 e. The number of aliphatic hydroxyl groups is 1. The van der Waals surface area contributed by atoms with E-state index in [4.69, 9.17) is 10.2 Å². The van der Waals surface area contributed by atoms with Gasteiger partial charge in [0.15, 0.2) is 6.04 Å². The first-order chi connectivity index (χ1) is 7.97. The molecule has 0 aromatic rings. The number of hydrogen-bond acceptors (Lipinski definition) is 4. The fourth-order valence-electron chi connectivity index (χ4n) is 0.804. The van der Waals surface area contributed by atoms with Crippen molar-refractivity contribution in [1.29, 1.82) is 0 Å². The number of carboxylic acids is 1. The summed E-state index contributed by atoms with van der Waals surface area (Å²) in [7, 11) is 0. The van der Waals surface area contributed by atoms with Crippen molar-refractivity contribution in [3.63, 3.8) is 0 Å². The Balaban J connectivity index is 3.62. The van der Waals surface area contributed by atoms with Crippen molar-refractivity contribution in [3.8, 4) is 0 Å². The van der Waals surface area contributed by atoms with Gasteiger partial charge in [0.05, 0.1) is 13.2 Å². The molecule has 0 aliphatic heterocycles. The number of carbonyl (C=O) groups is 2. The Kier molecular flexibility index (Phi) is 7.89. The minimum absolute atomic E-state index is 0.0453. The van der Waals surface area contributed by atoms with Crippen LogP contribution in [0.3, 0.4) is 0 Å². The molecule has 0 saturated heterocycles. The van der Waals surface area contributed by atoms with Gasteiger partial charge < -0.3 is 25.6 Å². The Morgan fingerprint density at radius 3 is 2.47 bits per heavy atom. The first-order valence-corrected chi connectivity index (χ1v) is 4.71. The van der Waals surface area contributed by atoms with E-state index in [1.54, 1.807) is 0 Å². The van der Waals surface area contributed by atoms with Crippen molar-refractivity contribution < 1.29 is 33.3 Å². The molecule has 0 unspecified atom stereocenters. The van der Waals surface area contributed by atoms with Crippen LogP contribution in [-0.2, 0) is 9.53 Å². The molecule has 0 aliphatic carbocycles. The van der Waals surface area contributed by atoms with Crippen molar-refractivity contribution in [1.82, 2.24) is 10.6 Å². The molecule has 0 saturated carbocycles. The molecule has 0 aromatic heterocycles. The second-order valence-electron chi connectivity index (χ2n) is 2.94. The molecule has 2 amide bonds. The lowest BCUT2D eigenvalue weighted by Crippen LogP contribution is -2.48. The number of ether oxygens (including phenoxy) is 1. The van der Waals surface area contributed by atoms with Crippen LogP contribution < -0.4 is 10.6 Å². The molecule has 0 radical (unpaired) electrons. The zero-order chi connectivity index (χ0) is 13.3. The number of carboxylic acid groups (broad SMARTS) is 1. The molecule has 0 rings (SSSR count). The predicted molar refractivity (Wildman–Crippen MR) is 51.9 cm³/mol. The van der Waals surface area contributed by atoms with E-state index >= 15 is 0 Å². The van der Waals surface area contributed by atoms with E-state index in [0.29, 0.717) is 0 Å². The van der Waals surface area contributed by atoms with Crippen molar-refractivity contribution in [3.05, 3.63) is 0 Å². The maximum absolute atomic E-state index is 11.6. The molecule has 0 spiro atoms. The minimum Gasteiger partial charge on any atom is -0.480 e. The molecule has 1 atom stereocenters. The first kappa shape index (κ1) is 15.5. The van der Waals surface area contributed by atoms with E-state index in [9.17, 15) is 18.4 Å². The molecule has 0 bridgehead atoms. The number of nitrogens with one attached hydrogen (secondary N) is 2. The summed E-state index contributed by atoms with van der Waals surface area (Å²) in [4.78, 5) is 21.4. The Morgan fingerprint density at radius 1 is 1.35 bits per heavy atom. The largest absolute Gasteiger partial charge is 0.480 e. The normalized spacial score (nSPS) is 12.2. The Hall–Kier alpha value is -1.48. The predicted octanol–water partition coefficient (Wildman–Crippen LogP) is -0.987. The zero-order valence-electron chi connectivity index (χ0n) is 8.86. The van der Waals surface area contributed by atoms with E-state index in [2.05, 4.69) is 10.1 Å². The third kappa shape index (κ3) is 8.34. The molecule has 17 heavy (non-hydrogen) atoms. The monoisotopic (exact) mass is 256 g/mol. The van der Waals surface area contributed by atoms with Gasteiger partial charge in [0, 0.05) is 6.54 Å². The van der Waals surface area contributed by atoms with E-state index in [-0.39, 0.29) is 13.2 Å². The van der Waals surface area contributed by atoms with Gasteiger partial charge in [0.1, 0.15) is 6.61 Å². The summed E-state index contributed by atoms with van der Waals surface area (Å²) in [6, 6.07) is -2.23. The van der Waals surface area contributed by atoms with Crippen LogP contribution in [0.25, 0.3) is 0 Å². The average molecular weight is 256 g/mol. The second-order valence-corrected chi connectivity index (χ2v) is 2.94. The summed E-state index contributed by atoms with van der Waals surface area (Å²) in [6.45, 7) is -1.63. The van der Waals surface area contributed by atoms with Crippen molar-refractivity contribution in [2.75, 3.05) is 26.4 Å². The number of aliphatic carboxylic acids is 1. The second kappa shape index (κ2) is 8.65.